The molecule has 3 nitrogen and oxygen atoms in total. The zero-order valence-electron chi connectivity index (χ0n) is 14.5. The number of sulfone groups is 1. The third-order valence-electron chi connectivity index (χ3n) is 4.42. The number of hydrogen-bond acceptors (Lipinski definition) is 2. The van der Waals surface area contributed by atoms with Crippen LogP contribution in [0.4, 0.5) is 0 Å². The maximum absolute atomic E-state index is 13.2. The Balaban J connectivity index is 2.07. The minimum Gasteiger partial charge on any atom is -0.331 e. The van der Waals surface area contributed by atoms with Crippen molar-refractivity contribution in [3.8, 4) is 0 Å². The molecule has 1 aromatic heterocycles. The van der Waals surface area contributed by atoms with Gasteiger partial charge in [-0.3, -0.25) is 0 Å². The quantitative estimate of drug-likeness (QED) is 0.436. The number of allylic oxidation sites excluding steroid dienone is 1. The first-order valence-electron chi connectivity index (χ1n) is 8.55. The Labute approximate surface area is 149 Å². The standard InChI is InChI=1S/C21H23NO2S/c1-3-4-5-8-15-22-20-10-7-6-9-18(20)16-21(22)25(23,24)19-13-11-17(2)12-14-19/h3,6-7,9-14,16H,1,4-5,8,15H2,2H3. The average Bonchev–Trinajstić information content (AvgIpc) is 2.99. The van der Waals surface area contributed by atoms with Gasteiger partial charge in [0.1, 0.15) is 5.03 Å². The SMILES string of the molecule is C=CCCCCn1c(S(=O)(=O)c2ccc(C)cc2)cc2ccccc21. The van der Waals surface area contributed by atoms with Gasteiger partial charge < -0.3 is 4.57 Å². The summed E-state index contributed by atoms with van der Waals surface area (Å²) in [5, 5.41) is 1.33. The topological polar surface area (TPSA) is 39.1 Å². The van der Waals surface area contributed by atoms with Crippen LogP contribution in [0.25, 0.3) is 10.9 Å². The van der Waals surface area contributed by atoms with Gasteiger partial charge in [0, 0.05) is 17.4 Å². The summed E-state index contributed by atoms with van der Waals surface area (Å²) in [6.45, 7) is 6.38. The Kier molecular flexibility index (Phi) is 5.09. The van der Waals surface area contributed by atoms with Crippen LogP contribution in [0.15, 0.2) is 77.2 Å². The molecule has 0 N–H and O–H groups in total. The number of aryl methyl sites for hydroxylation is 2. The molecule has 0 atom stereocenters. The molecule has 130 valence electrons. The summed E-state index contributed by atoms with van der Waals surface area (Å²) in [7, 11) is -3.55. The van der Waals surface area contributed by atoms with Crippen molar-refractivity contribution in [2.24, 2.45) is 0 Å². The highest BCUT2D eigenvalue weighted by Gasteiger charge is 2.23. The lowest BCUT2D eigenvalue weighted by molar-refractivity contribution is 0.560. The summed E-state index contributed by atoms with van der Waals surface area (Å²) >= 11 is 0. The van der Waals surface area contributed by atoms with E-state index in [4.69, 9.17) is 0 Å². The molecule has 0 aliphatic rings. The minimum absolute atomic E-state index is 0.341. The molecule has 2 aromatic carbocycles. The smallest absolute Gasteiger partial charge is 0.222 e. The van der Waals surface area contributed by atoms with Crippen molar-refractivity contribution in [2.45, 2.75) is 42.7 Å². The van der Waals surface area contributed by atoms with Crippen LogP contribution in [-0.2, 0) is 16.4 Å². The van der Waals surface area contributed by atoms with E-state index in [2.05, 4.69) is 6.58 Å². The summed E-state index contributed by atoms with van der Waals surface area (Å²) in [6.07, 6.45) is 4.76. The molecule has 0 aliphatic carbocycles. The fourth-order valence-electron chi connectivity index (χ4n) is 3.04. The van der Waals surface area contributed by atoms with E-state index in [-0.39, 0.29) is 0 Å². The Morgan fingerprint density at radius 1 is 1.04 bits per heavy atom. The van der Waals surface area contributed by atoms with E-state index in [0.29, 0.717) is 16.5 Å². The molecular weight excluding hydrogens is 330 g/mol. The fraction of sp³-hybridized carbons (Fsp3) is 0.238. The van der Waals surface area contributed by atoms with Crippen molar-refractivity contribution in [2.75, 3.05) is 0 Å². The van der Waals surface area contributed by atoms with E-state index in [1.807, 2.05) is 54.0 Å². The second-order valence-electron chi connectivity index (χ2n) is 6.29. The molecule has 4 heteroatoms. The second-order valence-corrected chi connectivity index (χ2v) is 8.19. The zero-order chi connectivity index (χ0) is 17.9. The molecule has 0 fully saturated rings. The predicted molar refractivity (Wildman–Crippen MR) is 103 cm³/mol. The Bertz CT molecular complexity index is 982. The molecule has 1 heterocycles. The van der Waals surface area contributed by atoms with Crippen molar-refractivity contribution >= 4 is 20.7 Å². The number of rotatable bonds is 7. The lowest BCUT2D eigenvalue weighted by Crippen LogP contribution is -2.10. The van der Waals surface area contributed by atoms with Crippen molar-refractivity contribution in [3.05, 3.63) is 72.8 Å². The van der Waals surface area contributed by atoms with E-state index in [1.54, 1.807) is 18.2 Å². The van der Waals surface area contributed by atoms with Crippen molar-refractivity contribution in [1.82, 2.24) is 4.57 Å². The lowest BCUT2D eigenvalue weighted by Gasteiger charge is -2.11. The van der Waals surface area contributed by atoms with Gasteiger partial charge in [-0.2, -0.15) is 0 Å². The summed E-state index contributed by atoms with van der Waals surface area (Å²) < 4.78 is 28.3. The molecule has 25 heavy (non-hydrogen) atoms. The van der Waals surface area contributed by atoms with Gasteiger partial charge in [0.05, 0.1) is 4.90 Å². The third kappa shape index (κ3) is 3.54. The Hall–Kier alpha value is -2.33. The van der Waals surface area contributed by atoms with E-state index in [0.717, 1.165) is 35.7 Å². The molecule has 0 saturated heterocycles. The van der Waals surface area contributed by atoms with Crippen LogP contribution in [0.2, 0.25) is 0 Å². The zero-order valence-corrected chi connectivity index (χ0v) is 15.3. The molecule has 0 unspecified atom stereocenters. The molecule has 0 bridgehead atoms. The van der Waals surface area contributed by atoms with E-state index in [1.165, 1.54) is 0 Å². The number of unbranched alkanes of at least 4 members (excludes halogenated alkanes) is 2. The van der Waals surface area contributed by atoms with Crippen LogP contribution in [0.1, 0.15) is 24.8 Å². The number of benzene rings is 2. The highest BCUT2D eigenvalue weighted by Crippen LogP contribution is 2.28. The molecule has 0 aliphatic heterocycles. The van der Waals surface area contributed by atoms with Gasteiger partial charge in [-0.05, 0) is 50.5 Å². The van der Waals surface area contributed by atoms with Gasteiger partial charge in [0.25, 0.3) is 0 Å². The van der Waals surface area contributed by atoms with Crippen molar-refractivity contribution < 1.29 is 8.42 Å². The minimum atomic E-state index is -3.55. The maximum Gasteiger partial charge on any atom is 0.222 e. The fourth-order valence-corrected chi connectivity index (χ4v) is 4.53. The van der Waals surface area contributed by atoms with Crippen LogP contribution in [0.5, 0.6) is 0 Å². The van der Waals surface area contributed by atoms with Gasteiger partial charge in [-0.25, -0.2) is 8.42 Å². The van der Waals surface area contributed by atoms with Crippen LogP contribution < -0.4 is 0 Å². The Morgan fingerprint density at radius 2 is 1.76 bits per heavy atom. The van der Waals surface area contributed by atoms with Gasteiger partial charge >= 0.3 is 0 Å². The van der Waals surface area contributed by atoms with Crippen LogP contribution in [0.3, 0.4) is 0 Å². The van der Waals surface area contributed by atoms with Crippen molar-refractivity contribution in [1.29, 1.82) is 0 Å². The summed E-state index contributed by atoms with van der Waals surface area (Å²) in [4.78, 5) is 0.341. The van der Waals surface area contributed by atoms with Gasteiger partial charge in [0.2, 0.25) is 9.84 Å². The lowest BCUT2D eigenvalue weighted by atomic mass is 10.2. The van der Waals surface area contributed by atoms with Crippen LogP contribution >= 0.6 is 0 Å². The van der Waals surface area contributed by atoms with Crippen LogP contribution in [-0.4, -0.2) is 13.0 Å². The molecule has 0 amide bonds. The molecular formula is C21H23NO2S. The average molecular weight is 353 g/mol. The predicted octanol–water partition coefficient (Wildman–Crippen LogP) is 5.14. The molecule has 3 aromatic rings. The van der Waals surface area contributed by atoms with E-state index >= 15 is 0 Å². The third-order valence-corrected chi connectivity index (χ3v) is 6.20. The number of fused-ring (bicyclic) bond motifs is 1. The summed E-state index contributed by atoms with van der Waals surface area (Å²) in [5.41, 5.74) is 2.01. The molecule has 0 saturated carbocycles. The number of nitrogens with zero attached hydrogens (tertiary/aromatic N) is 1. The first-order valence-corrected chi connectivity index (χ1v) is 10.0. The van der Waals surface area contributed by atoms with Gasteiger partial charge in [0.15, 0.2) is 0 Å². The van der Waals surface area contributed by atoms with Crippen molar-refractivity contribution in [3.63, 3.8) is 0 Å². The van der Waals surface area contributed by atoms with E-state index in [9.17, 15) is 8.42 Å². The molecule has 3 rings (SSSR count). The normalized spacial score (nSPS) is 11.7. The molecule has 0 radical (unpaired) electrons. The monoisotopic (exact) mass is 353 g/mol. The number of hydrogen-bond donors (Lipinski definition) is 0. The van der Waals surface area contributed by atoms with E-state index < -0.39 is 9.84 Å². The van der Waals surface area contributed by atoms with Gasteiger partial charge in [-0.15, -0.1) is 6.58 Å². The maximum atomic E-state index is 13.2. The number of aromatic nitrogens is 1. The first-order chi connectivity index (χ1) is 12.0. The highest BCUT2D eigenvalue weighted by atomic mass is 32.2. The highest BCUT2D eigenvalue weighted by molar-refractivity contribution is 7.91. The second kappa shape index (κ2) is 7.28. The van der Waals surface area contributed by atoms with Crippen LogP contribution in [0, 0.1) is 6.92 Å². The van der Waals surface area contributed by atoms with Gasteiger partial charge in [-0.1, -0.05) is 42.0 Å². The number of para-hydroxylation sites is 1. The largest absolute Gasteiger partial charge is 0.331 e. The Morgan fingerprint density at radius 3 is 2.48 bits per heavy atom. The summed E-state index contributed by atoms with van der Waals surface area (Å²) in [6, 6.07) is 16.7. The summed E-state index contributed by atoms with van der Waals surface area (Å²) in [5.74, 6) is 0. The molecule has 0 spiro atoms. The first kappa shape index (κ1) is 17.5.